The average molecular weight is 451 g/mol. The molecule has 0 aliphatic carbocycles. The molecule has 174 valence electrons. The molecule has 3 rings (SSSR count). The molecule has 8 heteroatoms. The van der Waals surface area contributed by atoms with E-state index in [0.29, 0.717) is 42.5 Å². The van der Waals surface area contributed by atoms with E-state index < -0.39 is 11.7 Å². The molecule has 8 nitrogen and oxygen atoms in total. The largest absolute Gasteiger partial charge is 0.444 e. The average Bonchev–Trinajstić information content (AvgIpc) is 2.77. The second kappa shape index (κ2) is 10.3. The molecule has 0 aliphatic rings. The minimum absolute atomic E-state index is 0.244. The summed E-state index contributed by atoms with van der Waals surface area (Å²) in [5.74, 6) is -0.319. The van der Waals surface area contributed by atoms with E-state index >= 15 is 0 Å². The Balaban J connectivity index is 1.65. The van der Waals surface area contributed by atoms with E-state index in [4.69, 9.17) is 4.74 Å². The minimum atomic E-state index is -0.612. The van der Waals surface area contributed by atoms with Crippen LogP contribution in [0.5, 0.6) is 0 Å². The zero-order chi connectivity index (χ0) is 24.0. The van der Waals surface area contributed by atoms with Crippen LogP contribution in [0.2, 0.25) is 0 Å². The molecule has 3 aromatic rings. The first-order chi connectivity index (χ1) is 15.7. The van der Waals surface area contributed by atoms with Crippen LogP contribution in [0, 0.1) is 0 Å². The lowest BCUT2D eigenvalue weighted by Gasteiger charge is -2.27. The third-order valence-electron chi connectivity index (χ3n) is 5.04. The number of nitrogens with zero attached hydrogens (tertiary/aromatic N) is 3. The van der Waals surface area contributed by atoms with E-state index in [1.165, 1.54) is 10.6 Å². The maximum Gasteiger partial charge on any atom is 0.410 e. The van der Waals surface area contributed by atoms with Crippen molar-refractivity contribution >= 4 is 22.9 Å². The molecule has 2 heterocycles. The van der Waals surface area contributed by atoms with Gasteiger partial charge in [0, 0.05) is 44.0 Å². The second-order valence-corrected chi connectivity index (χ2v) is 8.85. The highest BCUT2D eigenvalue weighted by atomic mass is 16.6. The van der Waals surface area contributed by atoms with E-state index in [0.717, 1.165) is 5.56 Å². The van der Waals surface area contributed by atoms with Gasteiger partial charge in [0.2, 0.25) is 0 Å². The van der Waals surface area contributed by atoms with Crippen LogP contribution < -0.4 is 10.9 Å². The van der Waals surface area contributed by atoms with Gasteiger partial charge in [0.15, 0.2) is 0 Å². The molecular weight excluding hydrogens is 420 g/mol. The minimum Gasteiger partial charge on any atom is -0.444 e. The summed E-state index contributed by atoms with van der Waals surface area (Å²) in [7, 11) is 1.68. The maximum atomic E-state index is 12.8. The monoisotopic (exact) mass is 450 g/mol. The number of fused-ring (bicyclic) bond motifs is 1. The van der Waals surface area contributed by atoms with E-state index in [9.17, 15) is 14.4 Å². The number of aryl methyl sites for hydroxylation is 1. The van der Waals surface area contributed by atoms with Gasteiger partial charge in [0.25, 0.3) is 11.5 Å². The molecule has 2 aromatic heterocycles. The number of carbonyl (C=O) groups is 2. The summed E-state index contributed by atoms with van der Waals surface area (Å²) in [6, 6.07) is 12.4. The SMILES string of the molecule is Cn1c(=O)cc(C(=O)NCCCN(Cc2cccnc2)C(=O)OC(C)(C)C)c2ccccc21. The number of rotatable bonds is 7. The molecule has 2 amide bonds. The smallest absolute Gasteiger partial charge is 0.410 e. The lowest BCUT2D eigenvalue weighted by Crippen LogP contribution is -2.38. The lowest BCUT2D eigenvalue weighted by molar-refractivity contribution is 0.0232. The Hall–Kier alpha value is -3.68. The van der Waals surface area contributed by atoms with Gasteiger partial charge in [-0.3, -0.25) is 14.6 Å². The fourth-order valence-electron chi connectivity index (χ4n) is 3.44. The maximum absolute atomic E-state index is 12.8. The highest BCUT2D eigenvalue weighted by molar-refractivity contribution is 6.06. The normalized spacial score (nSPS) is 11.3. The number of benzene rings is 1. The molecule has 0 bridgehead atoms. The summed E-state index contributed by atoms with van der Waals surface area (Å²) in [5, 5.41) is 3.58. The molecule has 1 N–H and O–H groups in total. The Bertz CT molecular complexity index is 1180. The molecule has 0 saturated heterocycles. The molecule has 0 atom stereocenters. The van der Waals surface area contributed by atoms with Gasteiger partial charge in [0.05, 0.1) is 17.6 Å². The molecule has 0 saturated carbocycles. The molecule has 0 unspecified atom stereocenters. The van der Waals surface area contributed by atoms with E-state index in [1.54, 1.807) is 24.3 Å². The number of pyridine rings is 2. The molecular formula is C25H30N4O4. The van der Waals surface area contributed by atoms with Crippen molar-refractivity contribution in [2.75, 3.05) is 13.1 Å². The molecule has 33 heavy (non-hydrogen) atoms. The van der Waals surface area contributed by atoms with Crippen molar-refractivity contribution in [3.05, 3.63) is 76.3 Å². The number of aromatic nitrogens is 2. The zero-order valence-electron chi connectivity index (χ0n) is 19.5. The number of carbonyl (C=O) groups excluding carboxylic acids is 2. The van der Waals surface area contributed by atoms with Crippen LogP contribution in [0.25, 0.3) is 10.9 Å². The summed E-state index contributed by atoms with van der Waals surface area (Å²) < 4.78 is 7.05. The Morgan fingerprint density at radius 2 is 1.91 bits per heavy atom. The van der Waals surface area contributed by atoms with Crippen molar-refractivity contribution in [2.45, 2.75) is 39.3 Å². The third kappa shape index (κ3) is 6.41. The number of hydrogen-bond acceptors (Lipinski definition) is 5. The predicted molar refractivity (Wildman–Crippen MR) is 127 cm³/mol. The molecule has 1 aromatic carbocycles. The van der Waals surface area contributed by atoms with E-state index in [-0.39, 0.29) is 11.5 Å². The van der Waals surface area contributed by atoms with Crippen molar-refractivity contribution in [3.63, 3.8) is 0 Å². The summed E-state index contributed by atoms with van der Waals surface area (Å²) in [5.41, 5.74) is 1.07. The van der Waals surface area contributed by atoms with Crippen LogP contribution in [0.4, 0.5) is 4.79 Å². The van der Waals surface area contributed by atoms with Crippen LogP contribution in [0.3, 0.4) is 0 Å². The number of ether oxygens (including phenoxy) is 1. The van der Waals surface area contributed by atoms with Crippen molar-refractivity contribution in [2.24, 2.45) is 7.05 Å². The van der Waals surface area contributed by atoms with Crippen LogP contribution in [-0.4, -0.2) is 45.1 Å². The van der Waals surface area contributed by atoms with Crippen molar-refractivity contribution in [1.82, 2.24) is 19.8 Å². The van der Waals surface area contributed by atoms with Crippen LogP contribution >= 0.6 is 0 Å². The zero-order valence-corrected chi connectivity index (χ0v) is 19.5. The predicted octanol–water partition coefficient (Wildman–Crippen LogP) is 3.49. The van der Waals surface area contributed by atoms with Crippen molar-refractivity contribution in [1.29, 1.82) is 0 Å². The fourth-order valence-corrected chi connectivity index (χ4v) is 3.44. The Morgan fingerprint density at radius 1 is 1.15 bits per heavy atom. The van der Waals surface area contributed by atoms with Gasteiger partial charge >= 0.3 is 6.09 Å². The fraction of sp³-hybridized carbons (Fsp3) is 0.360. The summed E-state index contributed by atoms with van der Waals surface area (Å²) in [6.45, 7) is 6.55. The van der Waals surface area contributed by atoms with Crippen molar-refractivity contribution < 1.29 is 14.3 Å². The van der Waals surface area contributed by atoms with Gasteiger partial charge in [0.1, 0.15) is 5.60 Å². The number of nitrogens with one attached hydrogen (secondary N) is 1. The van der Waals surface area contributed by atoms with Gasteiger partial charge in [-0.25, -0.2) is 4.79 Å². The Labute approximate surface area is 193 Å². The molecule has 0 radical (unpaired) electrons. The summed E-state index contributed by atoms with van der Waals surface area (Å²) >= 11 is 0. The Morgan fingerprint density at radius 3 is 2.61 bits per heavy atom. The van der Waals surface area contributed by atoms with Crippen molar-refractivity contribution in [3.8, 4) is 0 Å². The topological polar surface area (TPSA) is 93.5 Å². The quantitative estimate of drug-likeness (QED) is 0.556. The van der Waals surface area contributed by atoms with Gasteiger partial charge in [-0.1, -0.05) is 24.3 Å². The first-order valence-electron chi connectivity index (χ1n) is 10.9. The highest BCUT2D eigenvalue weighted by Gasteiger charge is 2.22. The standard InChI is InChI=1S/C25H30N4O4/c1-25(2,3)33-24(32)29(17-18-9-7-12-26-16-18)14-8-13-27-23(31)20-15-22(30)28(4)21-11-6-5-10-19(20)21/h5-7,9-12,15-16H,8,13-14,17H2,1-4H3,(H,27,31). The summed E-state index contributed by atoms with van der Waals surface area (Å²) in [6.07, 6.45) is 3.49. The van der Waals surface area contributed by atoms with Crippen LogP contribution in [0.1, 0.15) is 43.1 Å². The molecule has 0 spiro atoms. The van der Waals surface area contributed by atoms with E-state index in [1.807, 2.05) is 57.2 Å². The number of amides is 2. The molecule has 0 fully saturated rings. The van der Waals surface area contributed by atoms with Gasteiger partial charge in [-0.2, -0.15) is 0 Å². The number of para-hydroxylation sites is 1. The first-order valence-corrected chi connectivity index (χ1v) is 10.9. The lowest BCUT2D eigenvalue weighted by atomic mass is 10.1. The summed E-state index contributed by atoms with van der Waals surface area (Å²) in [4.78, 5) is 43.5. The van der Waals surface area contributed by atoms with Crippen LogP contribution in [0.15, 0.2) is 59.7 Å². The van der Waals surface area contributed by atoms with Gasteiger partial charge in [-0.05, 0) is 44.9 Å². The highest BCUT2D eigenvalue weighted by Crippen LogP contribution is 2.16. The first kappa shape index (κ1) is 24.0. The van der Waals surface area contributed by atoms with Crippen LogP contribution in [-0.2, 0) is 18.3 Å². The number of hydrogen-bond donors (Lipinski definition) is 1. The Kier molecular flexibility index (Phi) is 7.48. The second-order valence-electron chi connectivity index (χ2n) is 8.85. The van der Waals surface area contributed by atoms with E-state index in [2.05, 4.69) is 10.3 Å². The third-order valence-corrected chi connectivity index (χ3v) is 5.04. The molecule has 0 aliphatic heterocycles. The van der Waals surface area contributed by atoms with Gasteiger partial charge < -0.3 is 19.5 Å². The van der Waals surface area contributed by atoms with Gasteiger partial charge in [-0.15, -0.1) is 0 Å².